The van der Waals surface area contributed by atoms with Crippen LogP contribution in [0.5, 0.6) is 0 Å². The predicted molar refractivity (Wildman–Crippen MR) is 50.1 cm³/mol. The van der Waals surface area contributed by atoms with Crippen molar-refractivity contribution in [1.29, 1.82) is 0 Å². The van der Waals surface area contributed by atoms with Crippen LogP contribution in [0.15, 0.2) is 0 Å². The number of carbonyl (C=O) groups is 1. The number of nitrogens with one attached hydrogen (secondary N) is 1. The van der Waals surface area contributed by atoms with Crippen molar-refractivity contribution >= 4 is 5.97 Å². The van der Waals surface area contributed by atoms with Gasteiger partial charge in [0, 0.05) is 6.54 Å². The zero-order valence-corrected chi connectivity index (χ0v) is 8.27. The van der Waals surface area contributed by atoms with Crippen LogP contribution in [-0.2, 0) is 9.53 Å². The smallest absolute Gasteiger partial charge is 0.313 e. The van der Waals surface area contributed by atoms with Gasteiger partial charge in [0.2, 0.25) is 0 Å². The molecular weight excluding hydrogens is 166 g/mol. The van der Waals surface area contributed by atoms with E-state index in [1.165, 1.54) is 6.42 Å². The number of carbonyl (C=O) groups excluding carboxylic acids is 1. The minimum Gasteiger partial charge on any atom is -0.466 e. The fraction of sp³-hybridized carbons (Fsp3) is 0.900. The van der Waals surface area contributed by atoms with Gasteiger partial charge in [0.1, 0.15) is 0 Å². The van der Waals surface area contributed by atoms with Crippen molar-refractivity contribution in [3.05, 3.63) is 0 Å². The van der Waals surface area contributed by atoms with Crippen LogP contribution in [-0.4, -0.2) is 19.1 Å². The minimum atomic E-state index is -0.464. The van der Waals surface area contributed by atoms with E-state index in [9.17, 15) is 4.79 Å². The van der Waals surface area contributed by atoms with Gasteiger partial charge < -0.3 is 4.74 Å². The Morgan fingerprint density at radius 2 is 2.00 bits per heavy atom. The van der Waals surface area contributed by atoms with Crippen molar-refractivity contribution in [2.45, 2.75) is 39.0 Å². The first-order chi connectivity index (χ1) is 6.25. The summed E-state index contributed by atoms with van der Waals surface area (Å²) < 4.78 is 5.02. The highest BCUT2D eigenvalue weighted by Gasteiger charge is 2.39. The highest BCUT2D eigenvalue weighted by molar-refractivity contribution is 5.77. The van der Waals surface area contributed by atoms with Gasteiger partial charge in [-0.1, -0.05) is 19.3 Å². The molecule has 0 spiro atoms. The maximum absolute atomic E-state index is 11.6. The molecule has 0 aromatic heterocycles. The first kappa shape index (κ1) is 10.5. The molecule has 0 amide bonds. The van der Waals surface area contributed by atoms with Crippen LogP contribution >= 0.6 is 0 Å². The lowest BCUT2D eigenvalue weighted by molar-refractivity contribution is -0.157. The zero-order chi connectivity index (χ0) is 9.73. The van der Waals surface area contributed by atoms with Crippen LogP contribution in [0, 0.1) is 5.41 Å². The van der Waals surface area contributed by atoms with Crippen molar-refractivity contribution < 1.29 is 9.53 Å². The lowest BCUT2D eigenvalue weighted by Gasteiger charge is -2.33. The van der Waals surface area contributed by atoms with E-state index < -0.39 is 5.41 Å². The normalized spacial score (nSPS) is 21.1. The summed E-state index contributed by atoms with van der Waals surface area (Å²) in [5.74, 6) is -0.148. The van der Waals surface area contributed by atoms with E-state index >= 15 is 0 Å². The van der Waals surface area contributed by atoms with E-state index in [0.717, 1.165) is 25.7 Å². The number of rotatable bonds is 3. The number of hydrogen-bond donors (Lipinski definition) is 0. The largest absolute Gasteiger partial charge is 0.466 e. The monoisotopic (exact) mass is 184 g/mol. The maximum Gasteiger partial charge on any atom is 0.313 e. The summed E-state index contributed by atoms with van der Waals surface area (Å²) >= 11 is 0. The number of esters is 1. The Hall–Kier alpha value is -0.570. The number of hydrogen-bond acceptors (Lipinski definition) is 2. The summed E-state index contributed by atoms with van der Waals surface area (Å²) in [4.78, 5) is 11.6. The molecule has 0 saturated heterocycles. The van der Waals surface area contributed by atoms with Crippen LogP contribution in [0.4, 0.5) is 0 Å². The molecular formula is C10H18NO2. The third kappa shape index (κ3) is 2.21. The highest BCUT2D eigenvalue weighted by Crippen LogP contribution is 2.36. The molecule has 0 bridgehead atoms. The van der Waals surface area contributed by atoms with Crippen molar-refractivity contribution in [3.8, 4) is 0 Å². The van der Waals surface area contributed by atoms with Gasteiger partial charge in [-0.25, -0.2) is 0 Å². The molecule has 0 aliphatic heterocycles. The van der Waals surface area contributed by atoms with Crippen LogP contribution in [0.1, 0.15) is 39.0 Å². The molecule has 1 N–H and O–H groups in total. The van der Waals surface area contributed by atoms with Gasteiger partial charge in [0.05, 0.1) is 12.0 Å². The second-order valence-electron chi connectivity index (χ2n) is 3.74. The van der Waals surface area contributed by atoms with Gasteiger partial charge in [0.15, 0.2) is 0 Å². The van der Waals surface area contributed by atoms with Gasteiger partial charge >= 0.3 is 5.97 Å². The molecule has 0 heterocycles. The molecule has 0 atom stereocenters. The Morgan fingerprint density at radius 1 is 1.38 bits per heavy atom. The first-order valence-corrected chi connectivity index (χ1v) is 5.07. The molecule has 0 aromatic rings. The fourth-order valence-corrected chi connectivity index (χ4v) is 1.97. The molecule has 13 heavy (non-hydrogen) atoms. The Labute approximate surface area is 79.6 Å². The average molecular weight is 184 g/mol. The first-order valence-electron chi connectivity index (χ1n) is 5.07. The minimum absolute atomic E-state index is 0.148. The summed E-state index contributed by atoms with van der Waals surface area (Å²) in [5, 5.41) is 0. The summed E-state index contributed by atoms with van der Waals surface area (Å²) in [6, 6.07) is 0. The second-order valence-corrected chi connectivity index (χ2v) is 3.74. The molecule has 3 heteroatoms. The quantitative estimate of drug-likeness (QED) is 0.628. The molecule has 0 aromatic carbocycles. The topological polar surface area (TPSA) is 50.1 Å². The molecule has 1 rings (SSSR count). The summed E-state index contributed by atoms with van der Waals surface area (Å²) in [5.41, 5.74) is 6.99. The zero-order valence-electron chi connectivity index (χ0n) is 8.27. The van der Waals surface area contributed by atoms with Gasteiger partial charge in [-0.3, -0.25) is 10.5 Å². The van der Waals surface area contributed by atoms with Crippen molar-refractivity contribution in [2.75, 3.05) is 13.2 Å². The summed E-state index contributed by atoms with van der Waals surface area (Å²) in [6.07, 6.45) is 5.02. The maximum atomic E-state index is 11.6. The van der Waals surface area contributed by atoms with Crippen LogP contribution in [0.3, 0.4) is 0 Å². The molecule has 0 unspecified atom stereocenters. The molecule has 1 aliphatic rings. The standard InChI is InChI=1S/C10H18NO2/c1-2-13-9(12)10(8-11)6-4-3-5-7-10/h11H,2-8H2,1H3. The van der Waals surface area contributed by atoms with Crippen LogP contribution in [0.25, 0.3) is 0 Å². The average Bonchev–Trinajstić information content (AvgIpc) is 2.19. The summed E-state index contributed by atoms with van der Waals surface area (Å²) in [6.45, 7) is 2.44. The molecule has 1 saturated carbocycles. The molecule has 1 radical (unpaired) electrons. The SMILES string of the molecule is CCOC(=O)C1(C[NH])CCCCC1. The summed E-state index contributed by atoms with van der Waals surface area (Å²) in [7, 11) is 0. The Balaban J connectivity index is 2.61. The molecule has 1 fully saturated rings. The Bertz CT molecular complexity index is 174. The van der Waals surface area contributed by atoms with E-state index in [2.05, 4.69) is 0 Å². The van der Waals surface area contributed by atoms with E-state index in [-0.39, 0.29) is 12.5 Å². The van der Waals surface area contributed by atoms with Crippen LogP contribution < -0.4 is 5.73 Å². The van der Waals surface area contributed by atoms with E-state index in [0.29, 0.717) is 6.61 Å². The van der Waals surface area contributed by atoms with E-state index in [1.54, 1.807) is 0 Å². The molecule has 75 valence electrons. The van der Waals surface area contributed by atoms with Crippen molar-refractivity contribution in [1.82, 2.24) is 5.73 Å². The van der Waals surface area contributed by atoms with Crippen molar-refractivity contribution in [3.63, 3.8) is 0 Å². The Kier molecular flexibility index (Phi) is 3.72. The van der Waals surface area contributed by atoms with Crippen LogP contribution in [0.2, 0.25) is 0 Å². The third-order valence-corrected chi connectivity index (χ3v) is 2.86. The van der Waals surface area contributed by atoms with Gasteiger partial charge in [0.25, 0.3) is 0 Å². The third-order valence-electron chi connectivity index (χ3n) is 2.86. The van der Waals surface area contributed by atoms with Gasteiger partial charge in [-0.05, 0) is 19.8 Å². The molecule has 3 nitrogen and oxygen atoms in total. The van der Waals surface area contributed by atoms with Crippen molar-refractivity contribution in [2.24, 2.45) is 5.41 Å². The highest BCUT2D eigenvalue weighted by atomic mass is 16.5. The van der Waals surface area contributed by atoms with Gasteiger partial charge in [-0.2, -0.15) is 0 Å². The predicted octanol–water partition coefficient (Wildman–Crippen LogP) is 1.78. The Morgan fingerprint density at radius 3 is 2.46 bits per heavy atom. The fourth-order valence-electron chi connectivity index (χ4n) is 1.97. The lowest BCUT2D eigenvalue weighted by Crippen LogP contribution is -2.38. The number of ether oxygens (including phenoxy) is 1. The molecule has 1 aliphatic carbocycles. The van der Waals surface area contributed by atoms with E-state index in [4.69, 9.17) is 10.5 Å². The second kappa shape index (κ2) is 4.61. The van der Waals surface area contributed by atoms with Gasteiger partial charge in [-0.15, -0.1) is 0 Å². The lowest BCUT2D eigenvalue weighted by atomic mass is 9.74. The van der Waals surface area contributed by atoms with E-state index in [1.807, 2.05) is 6.92 Å².